The predicted molar refractivity (Wildman–Crippen MR) is 63.4 cm³/mol. The third-order valence-corrected chi connectivity index (χ3v) is 2.67. The van der Waals surface area contributed by atoms with Crippen LogP contribution in [0.3, 0.4) is 0 Å². The predicted octanol–water partition coefficient (Wildman–Crippen LogP) is 2.58. The van der Waals surface area contributed by atoms with Crippen LogP contribution < -0.4 is 5.56 Å². The van der Waals surface area contributed by atoms with Crippen molar-refractivity contribution in [3.8, 4) is 0 Å². The van der Waals surface area contributed by atoms with E-state index in [1.165, 1.54) is 0 Å². The highest BCUT2D eigenvalue weighted by Gasteiger charge is 2.21. The van der Waals surface area contributed by atoms with Gasteiger partial charge in [0.1, 0.15) is 0 Å². The molecular weight excluding hydrogens is 188 g/mol. The van der Waals surface area contributed by atoms with Gasteiger partial charge in [-0.2, -0.15) is 0 Å². The van der Waals surface area contributed by atoms with Crippen LogP contribution in [0.25, 0.3) is 0 Å². The van der Waals surface area contributed by atoms with Crippen molar-refractivity contribution in [1.29, 1.82) is 0 Å². The minimum atomic E-state index is 0.0146. The van der Waals surface area contributed by atoms with Gasteiger partial charge in [-0.15, -0.1) is 0 Å². The van der Waals surface area contributed by atoms with E-state index < -0.39 is 0 Å². The molecule has 0 amide bonds. The van der Waals surface area contributed by atoms with Gasteiger partial charge in [0.2, 0.25) is 0 Å². The standard InChI is InChI=1S/C12H22N2O/c1-6-7-8-14-11(15)9(2)10(13-14)12(3,4)5/h13H,6-8H2,1-5H3. The lowest BCUT2D eigenvalue weighted by Crippen LogP contribution is -2.17. The van der Waals surface area contributed by atoms with Crippen LogP contribution in [0.15, 0.2) is 4.79 Å². The van der Waals surface area contributed by atoms with E-state index in [2.05, 4.69) is 32.8 Å². The van der Waals surface area contributed by atoms with Crippen LogP contribution >= 0.6 is 0 Å². The molecule has 0 saturated carbocycles. The van der Waals surface area contributed by atoms with Gasteiger partial charge in [-0.25, -0.2) is 0 Å². The van der Waals surface area contributed by atoms with Crippen LogP contribution in [-0.2, 0) is 12.0 Å². The van der Waals surface area contributed by atoms with Gasteiger partial charge in [0.25, 0.3) is 5.56 Å². The van der Waals surface area contributed by atoms with Gasteiger partial charge in [-0.05, 0) is 13.3 Å². The van der Waals surface area contributed by atoms with Crippen molar-refractivity contribution in [2.45, 2.75) is 59.4 Å². The zero-order valence-corrected chi connectivity index (χ0v) is 10.5. The molecule has 1 heterocycles. The summed E-state index contributed by atoms with van der Waals surface area (Å²) in [5.41, 5.74) is 2.07. The Labute approximate surface area is 91.5 Å². The Morgan fingerprint density at radius 1 is 1.33 bits per heavy atom. The summed E-state index contributed by atoms with van der Waals surface area (Å²) in [5.74, 6) is 0. The average molecular weight is 210 g/mol. The molecule has 0 bridgehead atoms. The summed E-state index contributed by atoms with van der Waals surface area (Å²) in [6.07, 6.45) is 2.15. The molecule has 3 heteroatoms. The van der Waals surface area contributed by atoms with Crippen LogP contribution in [0.2, 0.25) is 0 Å². The van der Waals surface area contributed by atoms with E-state index >= 15 is 0 Å². The molecule has 1 N–H and O–H groups in total. The highest BCUT2D eigenvalue weighted by atomic mass is 16.1. The molecule has 0 unspecified atom stereocenters. The Bertz CT molecular complexity index is 379. The number of hydrogen-bond acceptors (Lipinski definition) is 1. The Morgan fingerprint density at radius 3 is 2.33 bits per heavy atom. The van der Waals surface area contributed by atoms with Crippen molar-refractivity contribution < 1.29 is 0 Å². The molecule has 0 radical (unpaired) electrons. The Kier molecular flexibility index (Phi) is 3.42. The molecule has 0 atom stereocenters. The first kappa shape index (κ1) is 12.1. The van der Waals surface area contributed by atoms with E-state index in [1.54, 1.807) is 4.68 Å². The maximum absolute atomic E-state index is 11.9. The summed E-state index contributed by atoms with van der Waals surface area (Å²) in [6.45, 7) is 11.2. The Hall–Kier alpha value is -0.990. The maximum atomic E-state index is 11.9. The molecule has 3 nitrogen and oxygen atoms in total. The molecule has 1 rings (SSSR count). The summed E-state index contributed by atoms with van der Waals surface area (Å²) in [7, 11) is 0. The number of nitrogens with one attached hydrogen (secondary N) is 1. The molecule has 0 fully saturated rings. The number of hydrogen-bond donors (Lipinski definition) is 1. The number of unbranched alkanes of at least 4 members (excludes halogenated alkanes) is 1. The fourth-order valence-electron chi connectivity index (χ4n) is 1.78. The third-order valence-electron chi connectivity index (χ3n) is 2.67. The Balaban J connectivity index is 3.08. The number of nitrogens with zero attached hydrogens (tertiary/aromatic N) is 1. The van der Waals surface area contributed by atoms with Crippen molar-refractivity contribution in [3.63, 3.8) is 0 Å². The molecule has 0 aromatic carbocycles. The number of aromatic nitrogens is 2. The molecule has 0 spiro atoms. The fraction of sp³-hybridized carbons (Fsp3) is 0.750. The van der Waals surface area contributed by atoms with Gasteiger partial charge in [0.05, 0.1) is 0 Å². The fourth-order valence-corrected chi connectivity index (χ4v) is 1.78. The van der Waals surface area contributed by atoms with Crippen LogP contribution in [-0.4, -0.2) is 9.78 Å². The lowest BCUT2D eigenvalue weighted by Gasteiger charge is -2.17. The Morgan fingerprint density at radius 2 is 1.93 bits per heavy atom. The van der Waals surface area contributed by atoms with Gasteiger partial charge in [0, 0.05) is 23.2 Å². The second-order valence-corrected chi connectivity index (χ2v) is 5.17. The van der Waals surface area contributed by atoms with Crippen molar-refractivity contribution in [2.24, 2.45) is 0 Å². The number of aryl methyl sites for hydroxylation is 1. The van der Waals surface area contributed by atoms with Crippen LogP contribution in [0.5, 0.6) is 0 Å². The summed E-state index contributed by atoms with van der Waals surface area (Å²) in [5, 5.41) is 3.23. The lowest BCUT2D eigenvalue weighted by atomic mass is 9.90. The molecular formula is C12H22N2O. The second kappa shape index (κ2) is 4.25. The first-order valence-corrected chi connectivity index (χ1v) is 5.67. The van der Waals surface area contributed by atoms with Gasteiger partial charge >= 0.3 is 0 Å². The minimum Gasteiger partial charge on any atom is -0.299 e. The van der Waals surface area contributed by atoms with Gasteiger partial charge in [-0.1, -0.05) is 34.1 Å². The molecule has 86 valence electrons. The van der Waals surface area contributed by atoms with Crippen LogP contribution in [0, 0.1) is 6.92 Å². The van der Waals surface area contributed by atoms with Crippen molar-refractivity contribution in [1.82, 2.24) is 9.78 Å². The van der Waals surface area contributed by atoms with E-state index in [1.807, 2.05) is 6.92 Å². The molecule has 0 aliphatic carbocycles. The van der Waals surface area contributed by atoms with Crippen molar-refractivity contribution >= 4 is 0 Å². The smallest absolute Gasteiger partial charge is 0.269 e. The van der Waals surface area contributed by atoms with Crippen LogP contribution in [0.4, 0.5) is 0 Å². The third kappa shape index (κ3) is 2.52. The molecule has 1 aromatic rings. The minimum absolute atomic E-state index is 0.0146. The number of H-pyrrole nitrogens is 1. The SMILES string of the molecule is CCCCn1[nH]c(C(C)(C)C)c(C)c1=O. The topological polar surface area (TPSA) is 37.8 Å². The highest BCUT2D eigenvalue weighted by Crippen LogP contribution is 2.21. The van der Waals surface area contributed by atoms with E-state index in [0.29, 0.717) is 0 Å². The average Bonchev–Trinajstić information content (AvgIpc) is 2.41. The normalized spacial score (nSPS) is 12.1. The highest BCUT2D eigenvalue weighted by molar-refractivity contribution is 5.22. The lowest BCUT2D eigenvalue weighted by molar-refractivity contribution is 0.513. The zero-order chi connectivity index (χ0) is 11.6. The second-order valence-electron chi connectivity index (χ2n) is 5.17. The molecule has 0 aliphatic heterocycles. The first-order valence-electron chi connectivity index (χ1n) is 5.67. The molecule has 15 heavy (non-hydrogen) atoms. The van der Waals surface area contributed by atoms with Gasteiger partial charge in [0.15, 0.2) is 0 Å². The molecule has 0 saturated heterocycles. The van der Waals surface area contributed by atoms with Crippen LogP contribution in [0.1, 0.15) is 51.8 Å². The van der Waals surface area contributed by atoms with E-state index in [-0.39, 0.29) is 11.0 Å². The number of aromatic amines is 1. The van der Waals surface area contributed by atoms with Gasteiger partial charge < -0.3 is 0 Å². The molecule has 0 aliphatic rings. The van der Waals surface area contributed by atoms with Crippen molar-refractivity contribution in [2.75, 3.05) is 0 Å². The zero-order valence-electron chi connectivity index (χ0n) is 10.5. The van der Waals surface area contributed by atoms with E-state index in [9.17, 15) is 4.79 Å². The molecule has 1 aromatic heterocycles. The largest absolute Gasteiger partial charge is 0.299 e. The van der Waals surface area contributed by atoms with E-state index in [4.69, 9.17) is 0 Å². The monoisotopic (exact) mass is 210 g/mol. The first-order chi connectivity index (χ1) is 6.88. The number of rotatable bonds is 3. The van der Waals surface area contributed by atoms with Crippen molar-refractivity contribution in [3.05, 3.63) is 21.6 Å². The van der Waals surface area contributed by atoms with E-state index in [0.717, 1.165) is 30.6 Å². The summed E-state index contributed by atoms with van der Waals surface area (Å²) in [6, 6.07) is 0. The quantitative estimate of drug-likeness (QED) is 0.818. The maximum Gasteiger partial charge on any atom is 0.269 e. The summed E-state index contributed by atoms with van der Waals surface area (Å²) < 4.78 is 1.74. The summed E-state index contributed by atoms with van der Waals surface area (Å²) >= 11 is 0. The summed E-state index contributed by atoms with van der Waals surface area (Å²) in [4.78, 5) is 11.9. The van der Waals surface area contributed by atoms with Gasteiger partial charge in [-0.3, -0.25) is 14.6 Å².